The zero-order chi connectivity index (χ0) is 24.7. The summed E-state index contributed by atoms with van der Waals surface area (Å²) in [4.78, 5) is 39.6. The van der Waals surface area contributed by atoms with E-state index >= 15 is 0 Å². The number of carbonyl (C=O) groups excluding carboxylic acids is 3. The second kappa shape index (κ2) is 13.0. The first-order valence-corrected chi connectivity index (χ1v) is 12.0. The first-order chi connectivity index (χ1) is 16.3. The minimum atomic E-state index is -0.116. The van der Waals surface area contributed by atoms with Crippen molar-refractivity contribution in [2.45, 2.75) is 60.5 Å². The third kappa shape index (κ3) is 7.39. The van der Waals surface area contributed by atoms with Crippen LogP contribution in [-0.2, 0) is 22.7 Å². The SMILES string of the molecule is C.CCCCCNC(=O)CN(CC(=O)N(C)N1Cc2ccccc2C1)c1ccc(C(C)=O)cc1C. The van der Waals surface area contributed by atoms with Crippen LogP contribution < -0.4 is 10.2 Å². The minimum absolute atomic E-state index is 0. The van der Waals surface area contributed by atoms with E-state index in [9.17, 15) is 14.4 Å². The van der Waals surface area contributed by atoms with Gasteiger partial charge in [0.15, 0.2) is 5.78 Å². The lowest BCUT2D eigenvalue weighted by atomic mass is 10.1. The number of nitrogens with one attached hydrogen (secondary N) is 1. The van der Waals surface area contributed by atoms with Crippen LogP contribution in [0.1, 0.15) is 67.6 Å². The summed E-state index contributed by atoms with van der Waals surface area (Å²) in [5.74, 6) is -0.226. The van der Waals surface area contributed by atoms with E-state index in [0.29, 0.717) is 25.2 Å². The van der Waals surface area contributed by atoms with Crippen molar-refractivity contribution in [1.82, 2.24) is 15.3 Å². The van der Waals surface area contributed by atoms with Crippen LogP contribution in [0.4, 0.5) is 5.69 Å². The monoisotopic (exact) mass is 480 g/mol. The molecule has 1 aliphatic rings. The van der Waals surface area contributed by atoms with E-state index in [1.54, 1.807) is 23.0 Å². The highest BCUT2D eigenvalue weighted by Gasteiger charge is 2.27. The molecule has 7 nitrogen and oxygen atoms in total. The van der Waals surface area contributed by atoms with Gasteiger partial charge in [-0.1, -0.05) is 51.5 Å². The molecule has 35 heavy (non-hydrogen) atoms. The van der Waals surface area contributed by atoms with Gasteiger partial charge in [0.25, 0.3) is 5.91 Å². The van der Waals surface area contributed by atoms with Crippen molar-refractivity contribution in [2.24, 2.45) is 0 Å². The first kappa shape index (κ1) is 28.1. The maximum atomic E-state index is 13.3. The predicted molar refractivity (Wildman–Crippen MR) is 141 cm³/mol. The number of hydrazine groups is 1. The number of unbranched alkanes of at least 4 members (excludes halogenated alkanes) is 2. The predicted octanol–water partition coefficient (Wildman–Crippen LogP) is 4.34. The van der Waals surface area contributed by atoms with Crippen molar-refractivity contribution in [3.05, 3.63) is 64.7 Å². The molecule has 1 heterocycles. The first-order valence-electron chi connectivity index (χ1n) is 12.0. The summed E-state index contributed by atoms with van der Waals surface area (Å²) >= 11 is 0. The maximum absolute atomic E-state index is 13.3. The fourth-order valence-electron chi connectivity index (χ4n) is 4.24. The number of amides is 2. The van der Waals surface area contributed by atoms with E-state index in [4.69, 9.17) is 0 Å². The van der Waals surface area contributed by atoms with Gasteiger partial charge >= 0.3 is 0 Å². The lowest BCUT2D eigenvalue weighted by Crippen LogP contribution is -2.48. The fraction of sp³-hybridized carbons (Fsp3) is 0.464. The zero-order valence-electron chi connectivity index (χ0n) is 20.8. The molecule has 1 N–H and O–H groups in total. The molecule has 0 saturated heterocycles. The summed E-state index contributed by atoms with van der Waals surface area (Å²) in [6, 6.07) is 13.6. The van der Waals surface area contributed by atoms with Crippen LogP contribution in [0.2, 0.25) is 0 Å². The molecule has 7 heteroatoms. The van der Waals surface area contributed by atoms with Crippen molar-refractivity contribution in [3.8, 4) is 0 Å². The Morgan fingerprint density at radius 2 is 1.66 bits per heavy atom. The molecular weight excluding hydrogens is 440 g/mol. The van der Waals surface area contributed by atoms with Gasteiger partial charge in [-0.15, -0.1) is 0 Å². The molecule has 1 aliphatic heterocycles. The van der Waals surface area contributed by atoms with Crippen LogP contribution >= 0.6 is 0 Å². The van der Waals surface area contributed by atoms with Gasteiger partial charge in [0, 0.05) is 37.9 Å². The molecule has 0 spiro atoms. The summed E-state index contributed by atoms with van der Waals surface area (Å²) < 4.78 is 0. The van der Waals surface area contributed by atoms with Gasteiger partial charge in [0.1, 0.15) is 0 Å². The lowest BCUT2D eigenvalue weighted by molar-refractivity contribution is -0.145. The summed E-state index contributed by atoms with van der Waals surface area (Å²) in [5, 5.41) is 6.64. The van der Waals surface area contributed by atoms with Crippen LogP contribution in [0.5, 0.6) is 0 Å². The molecule has 0 aromatic heterocycles. The Labute approximate surface area is 210 Å². The Hall–Kier alpha value is -3.19. The normalized spacial score (nSPS) is 12.5. The van der Waals surface area contributed by atoms with Crippen LogP contribution in [-0.4, -0.2) is 54.3 Å². The number of likely N-dealkylation sites (N-methyl/N-ethyl adjacent to an activating group) is 1. The summed E-state index contributed by atoms with van der Waals surface area (Å²) in [6.45, 7) is 7.69. The van der Waals surface area contributed by atoms with Gasteiger partial charge in [-0.3, -0.25) is 19.4 Å². The Morgan fingerprint density at radius 1 is 1.00 bits per heavy atom. The Kier molecular flexibility index (Phi) is 10.5. The molecule has 0 bridgehead atoms. The smallest absolute Gasteiger partial charge is 0.256 e. The third-order valence-corrected chi connectivity index (χ3v) is 6.32. The topological polar surface area (TPSA) is 73.0 Å². The Bertz CT molecular complexity index is 1010. The molecule has 0 unspecified atom stereocenters. The number of hydrogen-bond donors (Lipinski definition) is 1. The number of aryl methyl sites for hydroxylation is 1. The molecule has 0 fully saturated rings. The second-order valence-corrected chi connectivity index (χ2v) is 8.98. The molecule has 0 saturated carbocycles. The summed E-state index contributed by atoms with van der Waals surface area (Å²) in [7, 11) is 1.78. The van der Waals surface area contributed by atoms with Gasteiger partial charge in [-0.25, -0.2) is 5.01 Å². The zero-order valence-corrected chi connectivity index (χ0v) is 20.8. The van der Waals surface area contributed by atoms with E-state index in [1.165, 1.54) is 18.1 Å². The average molecular weight is 481 g/mol. The maximum Gasteiger partial charge on any atom is 0.256 e. The molecule has 2 aromatic carbocycles. The van der Waals surface area contributed by atoms with E-state index in [0.717, 1.165) is 30.5 Å². The molecule has 0 atom stereocenters. The number of benzene rings is 2. The molecule has 2 aromatic rings. The number of rotatable bonds is 11. The van der Waals surface area contributed by atoms with Gasteiger partial charge in [-0.05, 0) is 55.2 Å². The van der Waals surface area contributed by atoms with Crippen LogP contribution in [0, 0.1) is 6.92 Å². The lowest BCUT2D eigenvalue weighted by Gasteiger charge is -2.32. The summed E-state index contributed by atoms with van der Waals surface area (Å²) in [6.07, 6.45) is 3.09. The summed E-state index contributed by atoms with van der Waals surface area (Å²) in [5.41, 5.74) is 4.70. The number of anilines is 1. The number of fused-ring (bicyclic) bond motifs is 1. The third-order valence-electron chi connectivity index (χ3n) is 6.32. The van der Waals surface area contributed by atoms with Gasteiger partial charge in [0.05, 0.1) is 13.1 Å². The highest BCUT2D eigenvalue weighted by atomic mass is 16.2. The Balaban J connectivity index is 0.00000432. The van der Waals surface area contributed by atoms with E-state index in [1.807, 2.05) is 36.2 Å². The number of nitrogens with zero attached hydrogens (tertiary/aromatic N) is 3. The van der Waals surface area contributed by atoms with Crippen LogP contribution in [0.25, 0.3) is 0 Å². The quantitative estimate of drug-likeness (QED) is 0.383. The van der Waals surface area contributed by atoms with Gasteiger partial charge in [0.2, 0.25) is 5.91 Å². The molecule has 0 radical (unpaired) electrons. The molecule has 3 rings (SSSR count). The second-order valence-electron chi connectivity index (χ2n) is 8.98. The largest absolute Gasteiger partial charge is 0.355 e. The minimum Gasteiger partial charge on any atom is -0.355 e. The van der Waals surface area contributed by atoms with Crippen LogP contribution in [0.3, 0.4) is 0 Å². The van der Waals surface area contributed by atoms with E-state index < -0.39 is 0 Å². The van der Waals surface area contributed by atoms with E-state index in [-0.39, 0.29) is 38.1 Å². The number of Topliss-reactive ketones (excluding diaryl/α,β-unsaturated/α-hetero) is 1. The van der Waals surface area contributed by atoms with Gasteiger partial charge < -0.3 is 10.2 Å². The molecular formula is C28H40N4O3. The van der Waals surface area contributed by atoms with Crippen molar-refractivity contribution in [3.63, 3.8) is 0 Å². The highest BCUT2D eigenvalue weighted by Crippen LogP contribution is 2.25. The highest BCUT2D eigenvalue weighted by molar-refractivity contribution is 5.95. The Morgan fingerprint density at radius 3 is 2.23 bits per heavy atom. The molecule has 190 valence electrons. The van der Waals surface area contributed by atoms with Crippen molar-refractivity contribution in [2.75, 3.05) is 31.6 Å². The number of hydrogen-bond acceptors (Lipinski definition) is 5. The molecule has 0 aliphatic carbocycles. The van der Waals surface area contributed by atoms with Crippen LogP contribution in [0.15, 0.2) is 42.5 Å². The molecule has 2 amide bonds. The van der Waals surface area contributed by atoms with Crippen molar-refractivity contribution < 1.29 is 14.4 Å². The standard InChI is InChI=1S/C27H36N4O3.CH4/c1-5-6-9-14-28-26(33)18-30(25-13-12-22(21(3)32)15-20(25)2)19-27(34)29(4)31-16-23-10-7-8-11-24(23)17-31;/h7-8,10-13,15H,5-6,9,14,16-19H2,1-4H3,(H,28,33);1H4. The number of carbonyl (C=O) groups is 3. The fourth-order valence-corrected chi connectivity index (χ4v) is 4.24. The van der Waals surface area contributed by atoms with Gasteiger partial charge in [-0.2, -0.15) is 0 Å². The van der Waals surface area contributed by atoms with E-state index in [2.05, 4.69) is 24.4 Å². The average Bonchev–Trinajstić information content (AvgIpc) is 3.25. The number of ketones is 1. The van der Waals surface area contributed by atoms with Crippen molar-refractivity contribution in [1.29, 1.82) is 0 Å². The van der Waals surface area contributed by atoms with Crippen molar-refractivity contribution >= 4 is 23.3 Å².